The van der Waals surface area contributed by atoms with Gasteiger partial charge in [0, 0.05) is 23.3 Å². The number of nitrogens with one attached hydrogen (secondary N) is 2. The summed E-state index contributed by atoms with van der Waals surface area (Å²) in [7, 11) is 3.05. The third-order valence-electron chi connectivity index (χ3n) is 5.11. The SMILES string of the molecule is COc1ccc(OC)c(NC(=O)c2c(NC(=O)CCC(=O)[O-])sc3c2CCCCC3)c1. The average molecular weight is 446 g/mol. The number of ether oxygens (including phenoxy) is 2. The van der Waals surface area contributed by atoms with Crippen LogP contribution < -0.4 is 25.2 Å². The number of fused-ring (bicyclic) bond motifs is 1. The number of thiophene rings is 1. The van der Waals surface area contributed by atoms with Crippen molar-refractivity contribution in [2.45, 2.75) is 44.9 Å². The molecule has 0 unspecified atom stereocenters. The van der Waals surface area contributed by atoms with Crippen molar-refractivity contribution in [2.75, 3.05) is 24.9 Å². The van der Waals surface area contributed by atoms with Gasteiger partial charge in [-0.05, 0) is 49.8 Å². The van der Waals surface area contributed by atoms with Gasteiger partial charge in [-0.3, -0.25) is 9.59 Å². The van der Waals surface area contributed by atoms with Crippen molar-refractivity contribution in [2.24, 2.45) is 0 Å². The third-order valence-corrected chi connectivity index (χ3v) is 6.32. The summed E-state index contributed by atoms with van der Waals surface area (Å²) in [6, 6.07) is 5.10. The molecular weight excluding hydrogens is 420 g/mol. The van der Waals surface area contributed by atoms with Gasteiger partial charge >= 0.3 is 0 Å². The van der Waals surface area contributed by atoms with Gasteiger partial charge in [-0.2, -0.15) is 0 Å². The number of carboxylic acids is 1. The van der Waals surface area contributed by atoms with E-state index in [2.05, 4.69) is 10.6 Å². The first-order valence-electron chi connectivity index (χ1n) is 10.1. The van der Waals surface area contributed by atoms with E-state index >= 15 is 0 Å². The van der Waals surface area contributed by atoms with Gasteiger partial charge < -0.3 is 30.0 Å². The molecule has 1 aromatic carbocycles. The van der Waals surface area contributed by atoms with Crippen LogP contribution in [0.2, 0.25) is 0 Å². The molecule has 0 atom stereocenters. The Balaban J connectivity index is 1.92. The van der Waals surface area contributed by atoms with Gasteiger partial charge in [-0.25, -0.2) is 0 Å². The molecule has 0 fully saturated rings. The molecule has 2 N–H and O–H groups in total. The van der Waals surface area contributed by atoms with Crippen molar-refractivity contribution < 1.29 is 29.0 Å². The van der Waals surface area contributed by atoms with Gasteiger partial charge in [-0.15, -0.1) is 11.3 Å². The standard InChI is InChI=1S/C22H26N2O6S/c1-29-13-8-9-16(30-2)15(12-13)23-21(28)20-14-6-4-3-5-7-17(14)31-22(20)24-18(25)10-11-19(26)27/h8-9,12H,3-7,10-11H2,1-2H3,(H,23,28)(H,24,25)(H,26,27)/p-1. The largest absolute Gasteiger partial charge is 0.550 e. The highest BCUT2D eigenvalue weighted by Crippen LogP contribution is 2.39. The van der Waals surface area contributed by atoms with Gasteiger partial charge in [0.15, 0.2) is 0 Å². The number of rotatable bonds is 8. The van der Waals surface area contributed by atoms with Crippen molar-refractivity contribution >= 4 is 39.8 Å². The molecule has 1 heterocycles. The lowest BCUT2D eigenvalue weighted by molar-refractivity contribution is -0.305. The molecular formula is C22H25N2O6S-. The van der Waals surface area contributed by atoms with Gasteiger partial charge in [0.25, 0.3) is 5.91 Å². The number of hydrogen-bond acceptors (Lipinski definition) is 7. The van der Waals surface area contributed by atoms with Crippen molar-refractivity contribution in [1.82, 2.24) is 0 Å². The minimum atomic E-state index is -1.29. The maximum absolute atomic E-state index is 13.3. The van der Waals surface area contributed by atoms with Crippen LogP contribution in [0.4, 0.5) is 10.7 Å². The van der Waals surface area contributed by atoms with Crippen molar-refractivity contribution in [1.29, 1.82) is 0 Å². The zero-order valence-electron chi connectivity index (χ0n) is 17.5. The number of amides is 2. The van der Waals surface area contributed by atoms with Crippen LogP contribution in [-0.4, -0.2) is 32.0 Å². The van der Waals surface area contributed by atoms with Crippen LogP contribution in [0.5, 0.6) is 11.5 Å². The zero-order chi connectivity index (χ0) is 22.4. The minimum Gasteiger partial charge on any atom is -0.550 e. The second-order valence-electron chi connectivity index (χ2n) is 7.21. The number of methoxy groups -OCH3 is 2. The van der Waals surface area contributed by atoms with E-state index in [0.29, 0.717) is 27.8 Å². The maximum Gasteiger partial charge on any atom is 0.259 e. The minimum absolute atomic E-state index is 0.213. The fourth-order valence-corrected chi connectivity index (χ4v) is 4.88. The summed E-state index contributed by atoms with van der Waals surface area (Å²) in [6.45, 7) is 0. The number of benzene rings is 1. The van der Waals surface area contributed by atoms with Crippen LogP contribution in [0.1, 0.15) is 52.9 Å². The van der Waals surface area contributed by atoms with Crippen LogP contribution in [-0.2, 0) is 22.4 Å². The predicted octanol–water partition coefficient (Wildman–Crippen LogP) is 2.76. The molecule has 0 saturated heterocycles. The lowest BCUT2D eigenvalue weighted by atomic mass is 10.0. The Bertz CT molecular complexity index is 985. The second kappa shape index (κ2) is 10.3. The fourth-order valence-electron chi connectivity index (χ4n) is 3.57. The lowest BCUT2D eigenvalue weighted by Crippen LogP contribution is -2.24. The Hall–Kier alpha value is -3.07. The summed E-state index contributed by atoms with van der Waals surface area (Å²) < 4.78 is 10.6. The molecule has 31 heavy (non-hydrogen) atoms. The van der Waals surface area contributed by atoms with Crippen molar-refractivity contribution in [3.05, 3.63) is 34.2 Å². The summed E-state index contributed by atoms with van der Waals surface area (Å²) in [5, 5.41) is 16.7. The van der Waals surface area contributed by atoms with E-state index in [1.807, 2.05) is 0 Å². The molecule has 0 saturated carbocycles. The molecule has 9 heteroatoms. The monoisotopic (exact) mass is 445 g/mol. The molecule has 1 aromatic heterocycles. The summed E-state index contributed by atoms with van der Waals surface area (Å²) in [5.41, 5.74) is 1.82. The first kappa shape index (κ1) is 22.6. The molecule has 1 aliphatic carbocycles. The first-order chi connectivity index (χ1) is 14.9. The van der Waals surface area contributed by atoms with E-state index < -0.39 is 11.9 Å². The quantitative estimate of drug-likeness (QED) is 0.604. The first-order valence-corrected chi connectivity index (χ1v) is 10.9. The topological polar surface area (TPSA) is 117 Å². The highest BCUT2D eigenvalue weighted by atomic mass is 32.1. The number of hydrogen-bond donors (Lipinski definition) is 2. The number of carbonyl (C=O) groups excluding carboxylic acids is 3. The fraction of sp³-hybridized carbons (Fsp3) is 0.409. The smallest absolute Gasteiger partial charge is 0.259 e. The van der Waals surface area contributed by atoms with Gasteiger partial charge in [0.05, 0.1) is 25.5 Å². The Morgan fingerprint density at radius 2 is 1.81 bits per heavy atom. The Labute approximate surface area is 184 Å². The summed E-state index contributed by atoms with van der Waals surface area (Å²) in [6.07, 6.45) is 4.08. The molecule has 1 aliphatic rings. The molecule has 166 valence electrons. The zero-order valence-corrected chi connectivity index (χ0v) is 18.4. The molecule has 0 spiro atoms. The second-order valence-corrected chi connectivity index (χ2v) is 8.31. The predicted molar refractivity (Wildman–Crippen MR) is 116 cm³/mol. The normalized spacial score (nSPS) is 13.0. The molecule has 0 radical (unpaired) electrons. The van der Waals surface area contributed by atoms with Crippen LogP contribution in [0.3, 0.4) is 0 Å². The average Bonchev–Trinajstić information content (AvgIpc) is 2.92. The number of anilines is 2. The van der Waals surface area contributed by atoms with Crippen LogP contribution in [0.25, 0.3) is 0 Å². The molecule has 8 nitrogen and oxygen atoms in total. The van der Waals surface area contributed by atoms with E-state index in [1.165, 1.54) is 25.6 Å². The highest BCUT2D eigenvalue weighted by molar-refractivity contribution is 7.17. The van der Waals surface area contributed by atoms with Gasteiger partial charge in [0.2, 0.25) is 5.91 Å². The Morgan fingerprint density at radius 3 is 2.52 bits per heavy atom. The van der Waals surface area contributed by atoms with Crippen LogP contribution >= 0.6 is 11.3 Å². The van der Waals surface area contributed by atoms with Crippen molar-refractivity contribution in [3.63, 3.8) is 0 Å². The molecule has 0 aliphatic heterocycles. The summed E-state index contributed by atoms with van der Waals surface area (Å²) in [4.78, 5) is 37.3. The van der Waals surface area contributed by atoms with Crippen LogP contribution in [0, 0.1) is 0 Å². The number of aliphatic carboxylic acids is 1. The number of aryl methyl sites for hydroxylation is 1. The van der Waals surface area contributed by atoms with E-state index in [-0.39, 0.29) is 18.7 Å². The third kappa shape index (κ3) is 5.55. The molecule has 2 amide bonds. The number of carboxylic acid groups (broad SMARTS) is 1. The summed E-state index contributed by atoms with van der Waals surface area (Å²) in [5.74, 6) is -1.07. The van der Waals surface area contributed by atoms with E-state index in [9.17, 15) is 19.5 Å². The van der Waals surface area contributed by atoms with E-state index in [0.717, 1.165) is 42.5 Å². The highest BCUT2D eigenvalue weighted by Gasteiger charge is 2.26. The molecule has 3 rings (SSSR count). The van der Waals surface area contributed by atoms with Crippen LogP contribution in [0.15, 0.2) is 18.2 Å². The maximum atomic E-state index is 13.3. The van der Waals surface area contributed by atoms with Crippen molar-refractivity contribution in [3.8, 4) is 11.5 Å². The lowest BCUT2D eigenvalue weighted by Gasteiger charge is -2.13. The Kier molecular flexibility index (Phi) is 7.51. The Morgan fingerprint density at radius 1 is 1.03 bits per heavy atom. The van der Waals surface area contributed by atoms with Gasteiger partial charge in [-0.1, -0.05) is 6.42 Å². The van der Waals surface area contributed by atoms with E-state index in [4.69, 9.17) is 9.47 Å². The van der Waals surface area contributed by atoms with E-state index in [1.54, 1.807) is 18.2 Å². The number of carbonyl (C=O) groups is 3. The molecule has 0 bridgehead atoms. The van der Waals surface area contributed by atoms with Gasteiger partial charge in [0.1, 0.15) is 16.5 Å². The summed E-state index contributed by atoms with van der Waals surface area (Å²) >= 11 is 1.38. The molecule has 2 aromatic rings.